The van der Waals surface area contributed by atoms with Crippen LogP contribution in [0.5, 0.6) is 0 Å². The maximum Gasteiger partial charge on any atom is 0.243 e. The highest BCUT2D eigenvalue weighted by Crippen LogP contribution is 2.45. The maximum atomic E-state index is 13.6. The Balaban J connectivity index is 1.44. The van der Waals surface area contributed by atoms with Crippen LogP contribution in [0.3, 0.4) is 0 Å². The van der Waals surface area contributed by atoms with Gasteiger partial charge in [-0.05, 0) is 59.9 Å². The van der Waals surface area contributed by atoms with E-state index in [0.717, 1.165) is 18.9 Å². The highest BCUT2D eigenvalue weighted by molar-refractivity contribution is 7.89. The molecular formula is C21H23FN2O3S2. The summed E-state index contributed by atoms with van der Waals surface area (Å²) < 4.78 is 41.4. The molecule has 29 heavy (non-hydrogen) atoms. The molecule has 1 amide bonds. The monoisotopic (exact) mass is 434 g/mol. The topological polar surface area (TPSA) is 57.7 Å². The molecule has 1 aromatic heterocycles. The van der Waals surface area contributed by atoms with Gasteiger partial charge in [0, 0.05) is 43.4 Å². The normalized spacial score (nSPS) is 27.8. The molecule has 0 unspecified atom stereocenters. The number of amides is 1. The van der Waals surface area contributed by atoms with Gasteiger partial charge in [0.2, 0.25) is 15.9 Å². The number of rotatable bonds is 4. The first-order valence-electron chi connectivity index (χ1n) is 10.0. The summed E-state index contributed by atoms with van der Waals surface area (Å²) in [6, 6.07) is 7.35. The van der Waals surface area contributed by atoms with Gasteiger partial charge in [-0.2, -0.15) is 15.6 Å². The molecule has 0 radical (unpaired) electrons. The van der Waals surface area contributed by atoms with Gasteiger partial charge in [0.25, 0.3) is 0 Å². The number of halogens is 1. The summed E-state index contributed by atoms with van der Waals surface area (Å²) in [6.07, 6.45) is 2.56. The van der Waals surface area contributed by atoms with Crippen LogP contribution in [0.4, 0.5) is 4.39 Å². The minimum absolute atomic E-state index is 0.00746. The smallest absolute Gasteiger partial charge is 0.243 e. The van der Waals surface area contributed by atoms with Crippen LogP contribution < -0.4 is 0 Å². The first-order chi connectivity index (χ1) is 13.9. The summed E-state index contributed by atoms with van der Waals surface area (Å²) >= 11 is 1.62. The van der Waals surface area contributed by atoms with Crippen LogP contribution in [0, 0.1) is 17.7 Å². The van der Waals surface area contributed by atoms with E-state index in [1.54, 1.807) is 11.3 Å². The molecular weight excluding hydrogens is 411 g/mol. The van der Waals surface area contributed by atoms with Gasteiger partial charge in [0.05, 0.1) is 4.90 Å². The molecule has 5 rings (SSSR count). The van der Waals surface area contributed by atoms with E-state index in [4.69, 9.17) is 0 Å². The largest absolute Gasteiger partial charge is 0.338 e. The van der Waals surface area contributed by atoms with Crippen molar-refractivity contribution < 1.29 is 17.6 Å². The number of likely N-dealkylation sites (tertiary alicyclic amines) is 1. The standard InChI is InChI=1S/C21H23FN2O3S2/c22-16-2-1-3-17(10-16)29(26,27)23-8-6-20-19(11-23)18(15-7-9-28-13-15)12-24(20)21(25)14-4-5-14/h1-3,7,9-10,13-14,18-20H,4-6,8,11-12H2/t18-,19-,20-/m0/s1. The average molecular weight is 435 g/mol. The zero-order chi connectivity index (χ0) is 20.2. The molecule has 0 N–H and O–H groups in total. The van der Waals surface area contributed by atoms with Crippen LogP contribution in [0.2, 0.25) is 0 Å². The number of benzene rings is 1. The van der Waals surface area contributed by atoms with Gasteiger partial charge in [-0.1, -0.05) is 6.07 Å². The molecule has 3 aliphatic rings. The Morgan fingerprint density at radius 3 is 2.66 bits per heavy atom. The van der Waals surface area contributed by atoms with Crippen LogP contribution in [0.1, 0.15) is 30.7 Å². The lowest BCUT2D eigenvalue weighted by Gasteiger charge is -2.38. The van der Waals surface area contributed by atoms with Crippen molar-refractivity contribution in [1.82, 2.24) is 9.21 Å². The molecule has 1 aliphatic carbocycles. The lowest BCUT2D eigenvalue weighted by Crippen LogP contribution is -2.49. The van der Waals surface area contributed by atoms with E-state index in [0.29, 0.717) is 26.1 Å². The fourth-order valence-corrected chi connectivity index (χ4v) is 7.10. The van der Waals surface area contributed by atoms with Gasteiger partial charge < -0.3 is 4.90 Å². The lowest BCUT2D eigenvalue weighted by atomic mass is 9.83. The maximum absolute atomic E-state index is 13.6. The molecule has 5 nitrogen and oxygen atoms in total. The predicted molar refractivity (Wildman–Crippen MR) is 109 cm³/mol. The summed E-state index contributed by atoms with van der Waals surface area (Å²) in [5.41, 5.74) is 1.18. The van der Waals surface area contributed by atoms with Crippen LogP contribution in [-0.4, -0.2) is 49.2 Å². The summed E-state index contributed by atoms with van der Waals surface area (Å²) in [5, 5.41) is 4.13. The van der Waals surface area contributed by atoms with E-state index in [9.17, 15) is 17.6 Å². The Morgan fingerprint density at radius 2 is 1.97 bits per heavy atom. The van der Waals surface area contributed by atoms with Crippen molar-refractivity contribution in [2.75, 3.05) is 19.6 Å². The molecule has 2 aromatic rings. The number of carbonyl (C=O) groups excluding carboxylic acids is 1. The second-order valence-corrected chi connectivity index (χ2v) is 11.0. The Kier molecular flexibility index (Phi) is 4.75. The third kappa shape index (κ3) is 3.41. The van der Waals surface area contributed by atoms with Gasteiger partial charge in [-0.15, -0.1) is 0 Å². The first kappa shape index (κ1) is 19.2. The number of piperidine rings is 1. The molecule has 154 valence electrons. The predicted octanol–water partition coefficient (Wildman–Crippen LogP) is 3.30. The molecule has 3 atom stereocenters. The third-order valence-electron chi connectivity index (χ3n) is 6.51. The molecule has 2 aliphatic heterocycles. The van der Waals surface area contributed by atoms with E-state index in [2.05, 4.69) is 11.4 Å². The Hall–Kier alpha value is -1.77. The quantitative estimate of drug-likeness (QED) is 0.742. The number of carbonyl (C=O) groups is 1. The van der Waals surface area contributed by atoms with E-state index >= 15 is 0 Å². The van der Waals surface area contributed by atoms with E-state index in [-0.39, 0.29) is 34.6 Å². The van der Waals surface area contributed by atoms with Crippen molar-refractivity contribution in [3.05, 3.63) is 52.5 Å². The van der Waals surface area contributed by atoms with Crippen molar-refractivity contribution in [3.8, 4) is 0 Å². The average Bonchev–Trinajstić information content (AvgIpc) is 3.29. The minimum atomic E-state index is -3.76. The molecule has 3 heterocycles. The first-order valence-corrected chi connectivity index (χ1v) is 12.4. The van der Waals surface area contributed by atoms with Gasteiger partial charge in [-0.3, -0.25) is 4.79 Å². The van der Waals surface area contributed by atoms with Crippen LogP contribution >= 0.6 is 11.3 Å². The van der Waals surface area contributed by atoms with Gasteiger partial charge in [-0.25, -0.2) is 12.8 Å². The summed E-state index contributed by atoms with van der Waals surface area (Å²) in [6.45, 7) is 1.37. The van der Waals surface area contributed by atoms with E-state index in [1.165, 1.54) is 28.1 Å². The highest BCUT2D eigenvalue weighted by atomic mass is 32.2. The van der Waals surface area contributed by atoms with Crippen molar-refractivity contribution in [2.24, 2.45) is 11.8 Å². The van der Waals surface area contributed by atoms with E-state index < -0.39 is 15.8 Å². The Labute approximate surface area is 174 Å². The molecule has 1 saturated carbocycles. The number of hydrogen-bond donors (Lipinski definition) is 0. The van der Waals surface area contributed by atoms with Crippen molar-refractivity contribution >= 4 is 27.3 Å². The Morgan fingerprint density at radius 1 is 1.14 bits per heavy atom. The molecule has 3 fully saturated rings. The van der Waals surface area contributed by atoms with Crippen molar-refractivity contribution in [2.45, 2.75) is 36.1 Å². The van der Waals surface area contributed by atoms with E-state index in [1.807, 2.05) is 10.3 Å². The Bertz CT molecular complexity index is 1020. The molecule has 8 heteroatoms. The molecule has 0 spiro atoms. The number of sulfonamides is 1. The summed E-state index contributed by atoms with van der Waals surface area (Å²) in [5.74, 6) is 0.0353. The number of thiophene rings is 1. The fourth-order valence-electron chi connectivity index (χ4n) is 4.86. The van der Waals surface area contributed by atoms with Gasteiger partial charge in [0.1, 0.15) is 5.82 Å². The SMILES string of the molecule is O=C(C1CC1)N1C[C@@H](c2ccsc2)[C@@H]2CN(S(=O)(=O)c3cccc(F)c3)CC[C@@H]21. The van der Waals surface area contributed by atoms with Gasteiger partial charge >= 0.3 is 0 Å². The third-order valence-corrected chi connectivity index (χ3v) is 9.07. The molecule has 0 bridgehead atoms. The number of fused-ring (bicyclic) bond motifs is 1. The lowest BCUT2D eigenvalue weighted by molar-refractivity contribution is -0.134. The van der Waals surface area contributed by atoms with Crippen molar-refractivity contribution in [3.63, 3.8) is 0 Å². The second-order valence-electron chi connectivity index (χ2n) is 8.27. The number of nitrogens with zero attached hydrogens (tertiary/aromatic N) is 2. The van der Waals surface area contributed by atoms with Crippen LogP contribution in [0.15, 0.2) is 46.0 Å². The summed E-state index contributed by atoms with van der Waals surface area (Å²) in [4.78, 5) is 14.9. The zero-order valence-electron chi connectivity index (χ0n) is 15.9. The zero-order valence-corrected chi connectivity index (χ0v) is 17.5. The van der Waals surface area contributed by atoms with Crippen LogP contribution in [-0.2, 0) is 14.8 Å². The highest BCUT2D eigenvalue weighted by Gasteiger charge is 2.50. The van der Waals surface area contributed by atoms with Gasteiger partial charge in [0.15, 0.2) is 0 Å². The second kappa shape index (κ2) is 7.18. The minimum Gasteiger partial charge on any atom is -0.338 e. The molecule has 1 aromatic carbocycles. The number of hydrogen-bond acceptors (Lipinski definition) is 4. The van der Waals surface area contributed by atoms with Crippen LogP contribution in [0.25, 0.3) is 0 Å². The fraction of sp³-hybridized carbons (Fsp3) is 0.476. The molecule has 2 saturated heterocycles. The summed E-state index contributed by atoms with van der Waals surface area (Å²) in [7, 11) is -3.76. The van der Waals surface area contributed by atoms with Crippen molar-refractivity contribution in [1.29, 1.82) is 0 Å².